The third kappa shape index (κ3) is 5.13. The van der Waals surface area contributed by atoms with Crippen molar-refractivity contribution in [3.8, 4) is 5.75 Å². The van der Waals surface area contributed by atoms with Crippen LogP contribution in [-0.2, 0) is 16.4 Å². The largest absolute Gasteiger partial charge is 0.496 e. The Morgan fingerprint density at radius 2 is 1.79 bits per heavy atom. The molecule has 0 bridgehead atoms. The molecule has 1 aliphatic carbocycles. The first-order valence-electron chi connectivity index (χ1n) is 13.3. The second kappa shape index (κ2) is 11.0. The molecule has 1 unspecified atom stereocenters. The number of fused-ring (bicyclic) bond motifs is 1. The molecule has 8 nitrogen and oxygen atoms in total. The van der Waals surface area contributed by atoms with E-state index in [0.29, 0.717) is 41.3 Å². The van der Waals surface area contributed by atoms with Crippen molar-refractivity contribution in [2.75, 3.05) is 7.11 Å². The van der Waals surface area contributed by atoms with Crippen LogP contribution in [0.2, 0.25) is 0 Å². The van der Waals surface area contributed by atoms with Gasteiger partial charge in [0.1, 0.15) is 5.75 Å². The number of nitrogens with zero attached hydrogens (tertiary/aromatic N) is 1. The quantitative estimate of drug-likeness (QED) is 0.425. The monoisotopic (exact) mass is 541 g/mol. The van der Waals surface area contributed by atoms with Gasteiger partial charge in [0.2, 0.25) is 0 Å². The summed E-state index contributed by atoms with van der Waals surface area (Å²) in [5, 5.41) is 3.17. The molecule has 1 aliphatic rings. The first-order chi connectivity index (χ1) is 18.0. The molecule has 38 heavy (non-hydrogen) atoms. The number of benzene rings is 1. The predicted octanol–water partition coefficient (Wildman–Crippen LogP) is 4.83. The highest BCUT2D eigenvalue weighted by Crippen LogP contribution is 2.39. The van der Waals surface area contributed by atoms with Crippen LogP contribution in [0.5, 0.6) is 5.75 Å². The van der Waals surface area contributed by atoms with E-state index in [4.69, 9.17) is 4.74 Å². The molecular formula is C29H39N3O5S. The van der Waals surface area contributed by atoms with Crippen LogP contribution in [0.15, 0.2) is 35.1 Å². The van der Waals surface area contributed by atoms with Crippen LogP contribution in [0.1, 0.15) is 79.8 Å². The van der Waals surface area contributed by atoms with E-state index in [2.05, 4.69) is 21.8 Å². The second-order valence-electron chi connectivity index (χ2n) is 10.8. The average Bonchev–Trinajstić information content (AvgIpc) is 3.18. The molecule has 0 radical (unpaired) electrons. The maximum atomic E-state index is 13.5. The smallest absolute Gasteiger partial charge is 0.256 e. The van der Waals surface area contributed by atoms with Gasteiger partial charge in [-0.05, 0) is 78.4 Å². The molecule has 9 heteroatoms. The summed E-state index contributed by atoms with van der Waals surface area (Å²) in [6.45, 7) is 9.47. The van der Waals surface area contributed by atoms with E-state index in [9.17, 15) is 18.0 Å². The van der Waals surface area contributed by atoms with E-state index in [-0.39, 0.29) is 34.6 Å². The van der Waals surface area contributed by atoms with Gasteiger partial charge in [0.15, 0.2) is 9.84 Å². The minimum Gasteiger partial charge on any atom is -0.496 e. The van der Waals surface area contributed by atoms with Crippen molar-refractivity contribution >= 4 is 26.6 Å². The standard InChI is InChI=1S/C29H39N3O5S/c1-17(2)38(35,36)22-13-11-21(12-14-22)19(4)32-20(5)27(23-9-7-8-10-25(23)32)29(34)30-16-24-26(37-6)15-18(3)31-28(24)33/h7-10,15,17,19,21-22H,11-14,16H2,1-6H3,(H,30,34)(H,31,33). The zero-order chi connectivity index (χ0) is 27.8. The van der Waals surface area contributed by atoms with Gasteiger partial charge < -0.3 is 19.6 Å². The Morgan fingerprint density at radius 1 is 1.13 bits per heavy atom. The summed E-state index contributed by atoms with van der Waals surface area (Å²) >= 11 is 0. The number of H-pyrrole nitrogens is 1. The zero-order valence-electron chi connectivity index (χ0n) is 23.1. The van der Waals surface area contributed by atoms with Gasteiger partial charge in [-0.2, -0.15) is 0 Å². The Morgan fingerprint density at radius 3 is 2.42 bits per heavy atom. The Labute approximate surface area is 224 Å². The number of carbonyl (C=O) groups excluding carboxylic acids is 1. The molecule has 1 aromatic carbocycles. The summed E-state index contributed by atoms with van der Waals surface area (Å²) < 4.78 is 33.0. The van der Waals surface area contributed by atoms with Crippen molar-refractivity contribution in [1.29, 1.82) is 0 Å². The van der Waals surface area contributed by atoms with Gasteiger partial charge in [0.05, 0.1) is 35.3 Å². The summed E-state index contributed by atoms with van der Waals surface area (Å²) in [6.07, 6.45) is 3.02. The minimum atomic E-state index is -3.10. The van der Waals surface area contributed by atoms with Gasteiger partial charge in [-0.25, -0.2) is 8.42 Å². The fraction of sp³-hybridized carbons (Fsp3) is 0.517. The number of amides is 1. The molecule has 1 amide bonds. The minimum absolute atomic E-state index is 0.0421. The maximum Gasteiger partial charge on any atom is 0.256 e. The van der Waals surface area contributed by atoms with E-state index < -0.39 is 9.84 Å². The lowest BCUT2D eigenvalue weighted by molar-refractivity contribution is 0.0951. The van der Waals surface area contributed by atoms with Crippen LogP contribution in [0, 0.1) is 19.8 Å². The van der Waals surface area contributed by atoms with Gasteiger partial charge in [-0.15, -0.1) is 0 Å². The van der Waals surface area contributed by atoms with Crippen molar-refractivity contribution in [1.82, 2.24) is 14.9 Å². The van der Waals surface area contributed by atoms with Crippen LogP contribution in [0.4, 0.5) is 0 Å². The normalized spacial score (nSPS) is 19.0. The zero-order valence-corrected chi connectivity index (χ0v) is 23.9. The van der Waals surface area contributed by atoms with Crippen molar-refractivity contribution in [2.24, 2.45) is 5.92 Å². The van der Waals surface area contributed by atoms with Crippen molar-refractivity contribution < 1.29 is 17.9 Å². The molecule has 1 saturated carbocycles. The molecule has 3 aromatic rings. The van der Waals surface area contributed by atoms with Gasteiger partial charge in [-0.1, -0.05) is 18.2 Å². The fourth-order valence-corrected chi connectivity index (χ4v) is 7.69. The number of rotatable bonds is 8. The highest BCUT2D eigenvalue weighted by molar-refractivity contribution is 7.92. The summed E-state index contributed by atoms with van der Waals surface area (Å²) in [7, 11) is -1.59. The number of sulfone groups is 1. The van der Waals surface area contributed by atoms with E-state index in [1.807, 2.05) is 31.2 Å². The lowest BCUT2D eigenvalue weighted by Gasteiger charge is -2.34. The summed E-state index contributed by atoms with van der Waals surface area (Å²) in [6, 6.07) is 9.70. The molecule has 0 saturated heterocycles. The van der Waals surface area contributed by atoms with E-state index in [0.717, 1.165) is 29.4 Å². The molecule has 0 aliphatic heterocycles. The fourth-order valence-electron chi connectivity index (χ4n) is 5.99. The molecule has 4 rings (SSSR count). The highest BCUT2D eigenvalue weighted by atomic mass is 32.2. The van der Waals surface area contributed by atoms with Crippen LogP contribution in [-0.4, -0.2) is 41.5 Å². The number of hydrogen-bond acceptors (Lipinski definition) is 5. The first-order valence-corrected chi connectivity index (χ1v) is 15.0. The highest BCUT2D eigenvalue weighted by Gasteiger charge is 2.35. The lowest BCUT2D eigenvalue weighted by atomic mass is 9.84. The first kappa shape index (κ1) is 28.0. The van der Waals surface area contributed by atoms with E-state index >= 15 is 0 Å². The number of methoxy groups -OCH3 is 1. The van der Waals surface area contributed by atoms with E-state index in [1.54, 1.807) is 26.8 Å². The third-order valence-electron chi connectivity index (χ3n) is 8.19. The lowest BCUT2D eigenvalue weighted by Crippen LogP contribution is -2.34. The molecule has 1 fully saturated rings. The number of pyridine rings is 1. The van der Waals surface area contributed by atoms with Crippen LogP contribution in [0.25, 0.3) is 10.9 Å². The maximum absolute atomic E-state index is 13.5. The number of aryl methyl sites for hydroxylation is 1. The van der Waals surface area contributed by atoms with Gasteiger partial charge >= 0.3 is 0 Å². The predicted molar refractivity (Wildman–Crippen MR) is 151 cm³/mol. The number of para-hydroxylation sites is 1. The number of hydrogen-bond donors (Lipinski definition) is 2. The molecular weight excluding hydrogens is 502 g/mol. The Kier molecular flexibility index (Phi) is 8.06. The topological polar surface area (TPSA) is 110 Å². The molecule has 0 spiro atoms. The van der Waals surface area contributed by atoms with Crippen molar-refractivity contribution in [3.05, 3.63) is 63.2 Å². The van der Waals surface area contributed by atoms with Gasteiger partial charge in [0.25, 0.3) is 11.5 Å². The number of aromatic nitrogens is 2. The van der Waals surface area contributed by atoms with Crippen molar-refractivity contribution in [3.63, 3.8) is 0 Å². The number of aromatic amines is 1. The van der Waals surface area contributed by atoms with Crippen LogP contribution in [0.3, 0.4) is 0 Å². The van der Waals surface area contributed by atoms with Gasteiger partial charge in [0, 0.05) is 28.3 Å². The number of carbonyl (C=O) groups is 1. The molecule has 2 N–H and O–H groups in total. The summed E-state index contributed by atoms with van der Waals surface area (Å²) in [5.74, 6) is 0.502. The summed E-state index contributed by atoms with van der Waals surface area (Å²) in [5.41, 5.74) is 3.19. The third-order valence-corrected chi connectivity index (χ3v) is 10.9. The van der Waals surface area contributed by atoms with Crippen molar-refractivity contribution in [2.45, 2.75) is 83.4 Å². The van der Waals surface area contributed by atoms with E-state index in [1.165, 1.54) is 7.11 Å². The summed E-state index contributed by atoms with van der Waals surface area (Å²) in [4.78, 5) is 28.8. The molecule has 206 valence electrons. The Hall–Kier alpha value is -3.07. The second-order valence-corrected chi connectivity index (χ2v) is 13.6. The number of ether oxygens (including phenoxy) is 1. The SMILES string of the molecule is COc1cc(C)[nH]c(=O)c1CNC(=O)c1c(C)n(C(C)C2CCC(S(=O)(=O)C(C)C)CC2)c2ccccc12. The van der Waals surface area contributed by atoms with Gasteiger partial charge in [-0.3, -0.25) is 9.59 Å². The van der Waals surface area contributed by atoms with Crippen LogP contribution < -0.4 is 15.6 Å². The Balaban J connectivity index is 1.60. The number of nitrogens with one attached hydrogen (secondary N) is 2. The average molecular weight is 542 g/mol. The molecule has 1 atom stereocenters. The molecule has 2 heterocycles. The Bertz CT molecular complexity index is 1490. The van der Waals surface area contributed by atoms with Crippen LogP contribution >= 0.6 is 0 Å². The molecule has 2 aromatic heterocycles.